The Morgan fingerprint density at radius 3 is 2.62 bits per heavy atom. The first-order valence-corrected chi connectivity index (χ1v) is 9.15. The molecule has 0 bridgehead atoms. The number of benzene rings is 1. The van der Waals surface area contributed by atoms with Crippen molar-refractivity contribution in [3.8, 4) is 0 Å². The molecule has 0 aliphatic heterocycles. The number of sulfonamides is 1. The predicted octanol–water partition coefficient (Wildman–Crippen LogP) is 3.78. The number of hydrogen-bond acceptors (Lipinski definition) is 4. The number of halogens is 2. The van der Waals surface area contributed by atoms with Gasteiger partial charge in [-0.25, -0.2) is 8.42 Å². The fourth-order valence-electron chi connectivity index (χ4n) is 1.79. The van der Waals surface area contributed by atoms with Crippen molar-refractivity contribution < 1.29 is 13.5 Å². The number of nitrogens with one attached hydrogen (secondary N) is 1. The van der Waals surface area contributed by atoms with Crippen LogP contribution in [0.4, 0.5) is 5.69 Å². The maximum absolute atomic E-state index is 12.3. The molecule has 1 aromatic carbocycles. The van der Waals surface area contributed by atoms with Crippen LogP contribution >= 0.6 is 34.5 Å². The van der Waals surface area contributed by atoms with Crippen molar-refractivity contribution in [1.82, 2.24) is 0 Å². The van der Waals surface area contributed by atoms with Gasteiger partial charge in [0.15, 0.2) is 0 Å². The van der Waals surface area contributed by atoms with E-state index in [1.54, 1.807) is 18.2 Å². The quantitative estimate of drug-likeness (QED) is 0.818. The molecule has 0 fully saturated rings. The summed E-state index contributed by atoms with van der Waals surface area (Å²) in [5, 5.41) is 8.83. The lowest BCUT2D eigenvalue weighted by atomic mass is 10.1. The Morgan fingerprint density at radius 1 is 1.24 bits per heavy atom. The predicted molar refractivity (Wildman–Crippen MR) is 87.0 cm³/mol. The summed E-state index contributed by atoms with van der Waals surface area (Å²) in [7, 11) is -3.77. The van der Waals surface area contributed by atoms with Gasteiger partial charge in [-0.05, 0) is 36.6 Å². The number of hydrogen-bond donors (Lipinski definition) is 2. The van der Waals surface area contributed by atoms with E-state index in [-0.39, 0.29) is 15.8 Å². The van der Waals surface area contributed by atoms with Gasteiger partial charge in [0.1, 0.15) is 9.23 Å². The van der Waals surface area contributed by atoms with Crippen LogP contribution in [0, 0.1) is 0 Å². The van der Waals surface area contributed by atoms with Gasteiger partial charge in [-0.15, -0.1) is 11.3 Å². The molecule has 21 heavy (non-hydrogen) atoms. The average molecular weight is 366 g/mol. The summed E-state index contributed by atoms with van der Waals surface area (Å²) in [6.45, 7) is 0.0962. The zero-order chi connectivity index (χ0) is 15.5. The van der Waals surface area contributed by atoms with Crippen molar-refractivity contribution in [3.63, 3.8) is 0 Å². The largest absolute Gasteiger partial charge is 0.396 e. The molecule has 0 saturated carbocycles. The zero-order valence-electron chi connectivity index (χ0n) is 10.8. The van der Waals surface area contributed by atoms with E-state index in [1.165, 1.54) is 6.07 Å². The van der Waals surface area contributed by atoms with Crippen LogP contribution in [0.15, 0.2) is 35.2 Å². The maximum atomic E-state index is 12.3. The molecule has 0 unspecified atom stereocenters. The van der Waals surface area contributed by atoms with Crippen molar-refractivity contribution >= 4 is 50.2 Å². The molecule has 8 heteroatoms. The van der Waals surface area contributed by atoms with Crippen LogP contribution in [-0.2, 0) is 16.4 Å². The second-order valence-electron chi connectivity index (χ2n) is 4.32. The van der Waals surface area contributed by atoms with E-state index >= 15 is 0 Å². The van der Waals surface area contributed by atoms with Gasteiger partial charge in [0.2, 0.25) is 0 Å². The average Bonchev–Trinajstić information content (AvgIpc) is 2.76. The Hall–Kier alpha value is -0.790. The normalized spacial score (nSPS) is 11.6. The van der Waals surface area contributed by atoms with Gasteiger partial charge >= 0.3 is 0 Å². The van der Waals surface area contributed by atoms with Crippen LogP contribution in [0.3, 0.4) is 0 Å². The van der Waals surface area contributed by atoms with Gasteiger partial charge in [-0.2, -0.15) is 0 Å². The summed E-state index contributed by atoms with van der Waals surface area (Å²) in [6.07, 6.45) is 1.30. The van der Waals surface area contributed by atoms with Crippen molar-refractivity contribution in [1.29, 1.82) is 0 Å². The number of rotatable bonds is 6. The smallest absolute Gasteiger partial charge is 0.264 e. The Kier molecular flexibility index (Phi) is 5.51. The Morgan fingerprint density at radius 2 is 2.00 bits per heavy atom. The fourth-order valence-corrected chi connectivity index (χ4v) is 4.99. The molecule has 0 radical (unpaired) electrons. The van der Waals surface area contributed by atoms with Gasteiger partial charge in [0.05, 0.1) is 4.34 Å². The third-order valence-electron chi connectivity index (χ3n) is 2.72. The first-order valence-electron chi connectivity index (χ1n) is 6.10. The number of anilines is 1. The molecule has 2 rings (SSSR count). The molecule has 0 aliphatic rings. The van der Waals surface area contributed by atoms with E-state index in [4.69, 9.17) is 28.3 Å². The van der Waals surface area contributed by atoms with Crippen molar-refractivity contribution in [2.75, 3.05) is 11.3 Å². The molecule has 4 nitrogen and oxygen atoms in total. The van der Waals surface area contributed by atoms with E-state index in [0.717, 1.165) is 16.9 Å². The molecule has 0 aliphatic carbocycles. The minimum atomic E-state index is -3.77. The molecule has 2 aromatic rings. The Labute approximate surface area is 137 Å². The fraction of sp³-hybridized carbons (Fsp3) is 0.231. The minimum absolute atomic E-state index is 0.0278. The zero-order valence-corrected chi connectivity index (χ0v) is 14.0. The third-order valence-corrected chi connectivity index (χ3v) is 5.85. The molecule has 0 atom stereocenters. The monoisotopic (exact) mass is 365 g/mol. The number of thiophene rings is 1. The number of aliphatic hydroxyl groups is 1. The summed E-state index contributed by atoms with van der Waals surface area (Å²) in [4.78, 5) is -0.0278. The highest BCUT2D eigenvalue weighted by Gasteiger charge is 2.21. The molecule has 1 aromatic heterocycles. The third kappa shape index (κ3) is 4.34. The lowest BCUT2D eigenvalue weighted by Crippen LogP contribution is -2.12. The highest BCUT2D eigenvalue weighted by molar-refractivity contribution is 7.93. The summed E-state index contributed by atoms with van der Waals surface area (Å²) >= 11 is 12.7. The maximum Gasteiger partial charge on any atom is 0.264 e. The van der Waals surface area contributed by atoms with Crippen LogP contribution in [0.5, 0.6) is 0 Å². The van der Waals surface area contributed by atoms with Gasteiger partial charge in [-0.3, -0.25) is 4.72 Å². The van der Waals surface area contributed by atoms with Crippen LogP contribution in [-0.4, -0.2) is 20.1 Å². The van der Waals surface area contributed by atoms with Crippen LogP contribution in [0.25, 0.3) is 0 Å². The van der Waals surface area contributed by atoms with Gasteiger partial charge < -0.3 is 5.11 Å². The standard InChI is InChI=1S/C13H13Cl2NO3S2/c14-12-8-11(13(15)20-12)21(18,19)16-10-5-1-3-9(7-10)4-2-6-17/h1,3,5,7-8,16-17H,2,4,6H2. The molecular formula is C13H13Cl2NO3S2. The van der Waals surface area contributed by atoms with E-state index < -0.39 is 10.0 Å². The molecule has 114 valence electrons. The molecule has 0 spiro atoms. The number of aliphatic hydroxyl groups excluding tert-OH is 1. The highest BCUT2D eigenvalue weighted by atomic mass is 35.5. The first-order chi connectivity index (χ1) is 9.92. The van der Waals surface area contributed by atoms with Gasteiger partial charge in [-0.1, -0.05) is 35.3 Å². The lowest BCUT2D eigenvalue weighted by Gasteiger charge is -2.08. The second kappa shape index (κ2) is 6.98. The van der Waals surface area contributed by atoms with Crippen molar-refractivity contribution in [3.05, 3.63) is 44.6 Å². The summed E-state index contributed by atoms with van der Waals surface area (Å²) in [5.41, 5.74) is 1.39. The summed E-state index contributed by atoms with van der Waals surface area (Å²) in [6, 6.07) is 8.35. The first kappa shape index (κ1) is 16.6. The minimum Gasteiger partial charge on any atom is -0.396 e. The SMILES string of the molecule is O=S(=O)(Nc1cccc(CCCO)c1)c1cc(Cl)sc1Cl. The highest BCUT2D eigenvalue weighted by Crippen LogP contribution is 2.35. The van der Waals surface area contributed by atoms with Crippen LogP contribution < -0.4 is 4.72 Å². The van der Waals surface area contributed by atoms with E-state index in [2.05, 4.69) is 4.72 Å². The van der Waals surface area contributed by atoms with Gasteiger partial charge in [0.25, 0.3) is 10.0 Å². The molecule has 0 saturated heterocycles. The number of aryl methyl sites for hydroxylation is 1. The molecule has 0 amide bonds. The summed E-state index contributed by atoms with van der Waals surface area (Å²) < 4.78 is 27.5. The molecule has 1 heterocycles. The molecular weight excluding hydrogens is 353 g/mol. The second-order valence-corrected chi connectivity index (χ2v) is 8.26. The Bertz CT molecular complexity index is 729. The Balaban J connectivity index is 2.22. The van der Waals surface area contributed by atoms with Gasteiger partial charge in [0, 0.05) is 12.3 Å². The van der Waals surface area contributed by atoms with E-state index in [9.17, 15) is 8.42 Å². The molecule has 2 N–H and O–H groups in total. The van der Waals surface area contributed by atoms with E-state index in [0.29, 0.717) is 22.9 Å². The van der Waals surface area contributed by atoms with Crippen LogP contribution in [0.1, 0.15) is 12.0 Å². The lowest BCUT2D eigenvalue weighted by molar-refractivity contribution is 0.288. The summed E-state index contributed by atoms with van der Waals surface area (Å²) in [5.74, 6) is 0. The van der Waals surface area contributed by atoms with Crippen molar-refractivity contribution in [2.45, 2.75) is 17.7 Å². The van der Waals surface area contributed by atoms with Crippen LogP contribution in [0.2, 0.25) is 8.67 Å². The topological polar surface area (TPSA) is 66.4 Å². The van der Waals surface area contributed by atoms with E-state index in [1.807, 2.05) is 6.07 Å². The van der Waals surface area contributed by atoms with Crippen molar-refractivity contribution in [2.24, 2.45) is 0 Å².